The topological polar surface area (TPSA) is 17.1 Å². The van der Waals surface area contributed by atoms with Crippen molar-refractivity contribution >= 4 is 12.4 Å². The zero-order chi connectivity index (χ0) is 13.1. The first-order valence-corrected chi connectivity index (χ1v) is 7.07. The molecule has 0 heterocycles. The number of rotatable bonds is 9. The summed E-state index contributed by atoms with van der Waals surface area (Å²) in [5, 5.41) is 0. The summed E-state index contributed by atoms with van der Waals surface area (Å²) in [5.74, 6) is 0. The molecule has 0 spiro atoms. The van der Waals surface area contributed by atoms with Crippen LogP contribution < -0.4 is 0 Å². The maximum Gasteiger partial charge on any atom is 0.146 e. The summed E-state index contributed by atoms with van der Waals surface area (Å²) in [6, 6.07) is 10.1. The lowest BCUT2D eigenvalue weighted by Gasteiger charge is -2.01. The van der Waals surface area contributed by atoms with Gasteiger partial charge in [0.1, 0.15) is 6.29 Å². The predicted octanol–water partition coefficient (Wildman–Crippen LogP) is 5.02. The van der Waals surface area contributed by atoms with E-state index in [0.29, 0.717) is 0 Å². The lowest BCUT2D eigenvalue weighted by atomic mass is 10.0. The summed E-state index contributed by atoms with van der Waals surface area (Å²) < 4.78 is 0. The molecule has 1 rings (SSSR count). The summed E-state index contributed by atoms with van der Waals surface area (Å²) in [6.45, 7) is 2.23. The lowest BCUT2D eigenvalue weighted by Crippen LogP contribution is -1.87. The molecule has 0 N–H and O–H groups in total. The lowest BCUT2D eigenvalue weighted by molar-refractivity contribution is -0.105. The van der Waals surface area contributed by atoms with Gasteiger partial charge in [0, 0.05) is 0 Å². The van der Waals surface area contributed by atoms with Gasteiger partial charge in [-0.15, -0.1) is 0 Å². The zero-order valence-electron chi connectivity index (χ0n) is 11.4. The summed E-state index contributed by atoms with van der Waals surface area (Å²) in [7, 11) is 0. The van der Waals surface area contributed by atoms with Gasteiger partial charge in [-0.2, -0.15) is 0 Å². The van der Waals surface area contributed by atoms with Crippen LogP contribution in [-0.4, -0.2) is 6.29 Å². The molecule has 0 radical (unpaired) electrons. The molecular formula is C17H24O. The van der Waals surface area contributed by atoms with Crippen LogP contribution in [0.3, 0.4) is 0 Å². The molecule has 0 amide bonds. The van der Waals surface area contributed by atoms with E-state index in [1.807, 2.05) is 36.4 Å². The van der Waals surface area contributed by atoms with Gasteiger partial charge in [0.05, 0.1) is 0 Å². The fourth-order valence-electron chi connectivity index (χ4n) is 2.04. The minimum absolute atomic E-state index is 0.907. The average Bonchev–Trinajstić information content (AvgIpc) is 2.42. The van der Waals surface area contributed by atoms with Gasteiger partial charge in [-0.25, -0.2) is 0 Å². The van der Waals surface area contributed by atoms with Crippen LogP contribution in [0.25, 0.3) is 6.08 Å². The Balaban J connectivity index is 2.30. The van der Waals surface area contributed by atoms with Crippen molar-refractivity contribution in [3.8, 4) is 0 Å². The molecule has 0 aliphatic heterocycles. The summed E-state index contributed by atoms with van der Waals surface area (Å²) in [4.78, 5) is 11.0. The van der Waals surface area contributed by atoms with E-state index >= 15 is 0 Å². The molecule has 1 aromatic rings. The standard InChI is InChI=1S/C17H24O/c1-2-3-4-5-6-8-13-17(15-18)14-16-11-9-7-10-12-16/h7,9-12,14-15H,2-6,8,13H2,1H3/b17-14+. The summed E-state index contributed by atoms with van der Waals surface area (Å²) in [6.07, 6.45) is 11.5. The van der Waals surface area contributed by atoms with Crippen molar-refractivity contribution in [1.29, 1.82) is 0 Å². The van der Waals surface area contributed by atoms with Gasteiger partial charge in [0.15, 0.2) is 0 Å². The first kappa shape index (κ1) is 14.7. The Hall–Kier alpha value is -1.37. The van der Waals surface area contributed by atoms with Gasteiger partial charge in [-0.1, -0.05) is 69.4 Å². The molecule has 1 heteroatoms. The highest BCUT2D eigenvalue weighted by atomic mass is 16.1. The number of carbonyl (C=O) groups is 1. The first-order valence-electron chi connectivity index (χ1n) is 7.07. The number of hydrogen-bond acceptors (Lipinski definition) is 1. The quantitative estimate of drug-likeness (QED) is 0.338. The maximum atomic E-state index is 11.0. The normalized spacial score (nSPS) is 11.5. The van der Waals surface area contributed by atoms with Crippen LogP contribution in [0.2, 0.25) is 0 Å². The third-order valence-electron chi connectivity index (χ3n) is 3.12. The van der Waals surface area contributed by atoms with Gasteiger partial charge in [-0.3, -0.25) is 4.79 Å². The number of carbonyl (C=O) groups excluding carboxylic acids is 1. The molecular weight excluding hydrogens is 220 g/mol. The Labute approximate surface area is 111 Å². The van der Waals surface area contributed by atoms with Crippen LogP contribution in [-0.2, 0) is 4.79 Å². The molecule has 0 aromatic heterocycles. The van der Waals surface area contributed by atoms with Crippen molar-refractivity contribution in [3.05, 3.63) is 41.5 Å². The smallest absolute Gasteiger partial charge is 0.146 e. The molecule has 0 atom stereocenters. The zero-order valence-corrected chi connectivity index (χ0v) is 11.4. The number of benzene rings is 1. The monoisotopic (exact) mass is 244 g/mol. The van der Waals surface area contributed by atoms with Crippen molar-refractivity contribution in [2.24, 2.45) is 0 Å². The summed E-state index contributed by atoms with van der Waals surface area (Å²) in [5.41, 5.74) is 2.03. The van der Waals surface area contributed by atoms with E-state index < -0.39 is 0 Å². The molecule has 98 valence electrons. The minimum atomic E-state index is 0.907. The largest absolute Gasteiger partial charge is 0.298 e. The molecule has 18 heavy (non-hydrogen) atoms. The Morgan fingerprint density at radius 1 is 1.00 bits per heavy atom. The van der Waals surface area contributed by atoms with Crippen molar-refractivity contribution in [2.45, 2.75) is 51.9 Å². The van der Waals surface area contributed by atoms with E-state index in [-0.39, 0.29) is 0 Å². The van der Waals surface area contributed by atoms with Crippen molar-refractivity contribution in [1.82, 2.24) is 0 Å². The highest BCUT2D eigenvalue weighted by molar-refractivity contribution is 5.81. The van der Waals surface area contributed by atoms with E-state index in [0.717, 1.165) is 30.3 Å². The first-order chi connectivity index (χ1) is 8.86. The van der Waals surface area contributed by atoms with E-state index in [9.17, 15) is 4.79 Å². The average molecular weight is 244 g/mol. The third kappa shape index (κ3) is 6.39. The van der Waals surface area contributed by atoms with E-state index in [2.05, 4.69) is 6.92 Å². The molecule has 0 saturated heterocycles. The molecule has 0 aliphatic rings. The molecule has 0 saturated carbocycles. The van der Waals surface area contributed by atoms with Crippen LogP contribution in [0.15, 0.2) is 35.9 Å². The van der Waals surface area contributed by atoms with E-state index in [4.69, 9.17) is 0 Å². The fraction of sp³-hybridized carbons (Fsp3) is 0.471. The molecule has 0 aliphatic carbocycles. The highest BCUT2D eigenvalue weighted by Crippen LogP contribution is 2.13. The second kappa shape index (κ2) is 9.64. The number of allylic oxidation sites excluding steroid dienone is 1. The number of aldehydes is 1. The van der Waals surface area contributed by atoms with Crippen LogP contribution >= 0.6 is 0 Å². The highest BCUT2D eigenvalue weighted by Gasteiger charge is 1.97. The minimum Gasteiger partial charge on any atom is -0.298 e. The van der Waals surface area contributed by atoms with Crippen LogP contribution in [0, 0.1) is 0 Å². The fourth-order valence-corrected chi connectivity index (χ4v) is 2.04. The second-order valence-electron chi connectivity index (χ2n) is 4.77. The van der Waals surface area contributed by atoms with Gasteiger partial charge >= 0.3 is 0 Å². The Kier molecular flexibility index (Phi) is 7.87. The van der Waals surface area contributed by atoms with E-state index in [1.54, 1.807) is 0 Å². The number of unbranched alkanes of at least 4 members (excludes halogenated alkanes) is 5. The summed E-state index contributed by atoms with van der Waals surface area (Å²) >= 11 is 0. The Bertz CT molecular complexity index is 351. The number of hydrogen-bond donors (Lipinski definition) is 0. The maximum absolute atomic E-state index is 11.0. The van der Waals surface area contributed by atoms with Gasteiger partial charge in [-0.05, 0) is 30.1 Å². The van der Waals surface area contributed by atoms with Gasteiger partial charge in [0.25, 0.3) is 0 Å². The SMILES string of the molecule is CCCCCCCC/C(C=O)=C\c1ccccc1. The van der Waals surface area contributed by atoms with Gasteiger partial charge < -0.3 is 0 Å². The molecule has 0 bridgehead atoms. The molecule has 0 fully saturated rings. The second-order valence-corrected chi connectivity index (χ2v) is 4.77. The van der Waals surface area contributed by atoms with Crippen molar-refractivity contribution < 1.29 is 4.79 Å². The molecule has 1 nitrogen and oxygen atoms in total. The van der Waals surface area contributed by atoms with Crippen molar-refractivity contribution in [3.63, 3.8) is 0 Å². The Morgan fingerprint density at radius 2 is 1.67 bits per heavy atom. The molecule has 1 aromatic carbocycles. The van der Waals surface area contributed by atoms with Crippen LogP contribution in [0.5, 0.6) is 0 Å². The Morgan fingerprint density at radius 3 is 2.33 bits per heavy atom. The van der Waals surface area contributed by atoms with Gasteiger partial charge in [0.2, 0.25) is 0 Å². The third-order valence-corrected chi connectivity index (χ3v) is 3.12. The van der Waals surface area contributed by atoms with Crippen LogP contribution in [0.4, 0.5) is 0 Å². The predicted molar refractivity (Wildman–Crippen MR) is 78.5 cm³/mol. The van der Waals surface area contributed by atoms with E-state index in [1.165, 1.54) is 32.1 Å². The van der Waals surface area contributed by atoms with Crippen molar-refractivity contribution in [2.75, 3.05) is 0 Å². The molecule has 0 unspecified atom stereocenters. The van der Waals surface area contributed by atoms with Crippen LogP contribution in [0.1, 0.15) is 57.4 Å².